The lowest BCUT2D eigenvalue weighted by molar-refractivity contribution is -0.596. The van der Waals surface area contributed by atoms with Crippen molar-refractivity contribution in [2.45, 2.75) is 24.5 Å². The number of morpholine rings is 1. The van der Waals surface area contributed by atoms with Crippen LogP contribution >= 0.6 is 11.8 Å². The molecule has 1 unspecified atom stereocenters. The first-order chi connectivity index (χ1) is 15.1. The van der Waals surface area contributed by atoms with E-state index in [-0.39, 0.29) is 11.4 Å². The van der Waals surface area contributed by atoms with Crippen LogP contribution in [0.15, 0.2) is 41.6 Å². The molecule has 1 saturated heterocycles. The monoisotopic (exact) mass is 441 g/mol. The predicted octanol–water partition coefficient (Wildman–Crippen LogP) is 1.92. The number of aromatic nitrogens is 2. The molecular weight excluding hydrogens is 412 g/mol. The predicted molar refractivity (Wildman–Crippen MR) is 123 cm³/mol. The molecule has 0 aliphatic carbocycles. The summed E-state index contributed by atoms with van der Waals surface area (Å²) in [5, 5.41) is 0.813. The second-order valence-electron chi connectivity index (χ2n) is 7.30. The van der Waals surface area contributed by atoms with Gasteiger partial charge in [-0.1, -0.05) is 30.3 Å². The molecule has 4 rings (SSSR count). The second kappa shape index (κ2) is 9.67. The van der Waals surface area contributed by atoms with Gasteiger partial charge in [-0.3, -0.25) is 15.4 Å². The standard InChI is InChI=1S/C22H29N6O2S/c1-3-25(4-2)16-27-21(23)31-22-24-20(17-8-6-5-7-9-17)18(28(22)27)10-11-19(29)26-12-14-30-15-13-26/h5-11,16,21H,3-4,12-15,23H2,1-2H3/q+1. The van der Waals surface area contributed by atoms with Crippen LogP contribution in [0.25, 0.3) is 17.3 Å². The van der Waals surface area contributed by atoms with Gasteiger partial charge in [-0.2, -0.15) is 4.68 Å². The van der Waals surface area contributed by atoms with Crippen LogP contribution in [0.4, 0.5) is 0 Å². The van der Waals surface area contributed by atoms with Gasteiger partial charge in [0.15, 0.2) is 0 Å². The van der Waals surface area contributed by atoms with Crippen molar-refractivity contribution in [2.24, 2.45) is 5.73 Å². The number of rotatable bonds is 6. The molecule has 0 saturated carbocycles. The highest BCUT2D eigenvalue weighted by Crippen LogP contribution is 2.35. The van der Waals surface area contributed by atoms with E-state index in [9.17, 15) is 4.79 Å². The number of carbonyl (C=O) groups excluding carboxylic acids is 1. The number of imidazole rings is 1. The van der Waals surface area contributed by atoms with Crippen LogP contribution in [0.5, 0.6) is 0 Å². The number of nitrogens with two attached hydrogens (primary N) is 1. The fourth-order valence-corrected chi connectivity index (χ4v) is 4.56. The van der Waals surface area contributed by atoms with E-state index in [0.717, 1.165) is 35.2 Å². The number of thioether (sulfide) groups is 1. The number of nitrogens with zero attached hydrogens (tertiary/aromatic N) is 5. The number of hydrogen-bond donors (Lipinski definition) is 1. The third-order valence-electron chi connectivity index (χ3n) is 5.43. The van der Waals surface area contributed by atoms with Crippen molar-refractivity contribution in [1.29, 1.82) is 0 Å². The fourth-order valence-electron chi connectivity index (χ4n) is 3.65. The van der Waals surface area contributed by atoms with Gasteiger partial charge < -0.3 is 9.64 Å². The Kier molecular flexibility index (Phi) is 6.74. The molecule has 9 heteroatoms. The van der Waals surface area contributed by atoms with E-state index in [0.29, 0.717) is 26.3 Å². The van der Waals surface area contributed by atoms with E-state index >= 15 is 0 Å². The average molecular weight is 442 g/mol. The van der Waals surface area contributed by atoms with Gasteiger partial charge in [0.1, 0.15) is 11.4 Å². The normalized spacial score (nSPS) is 19.9. The van der Waals surface area contributed by atoms with Gasteiger partial charge >= 0.3 is 0 Å². The summed E-state index contributed by atoms with van der Waals surface area (Å²) in [6, 6.07) is 10.0. The molecule has 31 heavy (non-hydrogen) atoms. The number of benzene rings is 1. The summed E-state index contributed by atoms with van der Waals surface area (Å²) in [4.78, 5) is 21.6. The van der Waals surface area contributed by atoms with Crippen molar-refractivity contribution in [1.82, 2.24) is 19.5 Å². The summed E-state index contributed by atoms with van der Waals surface area (Å²) < 4.78 is 9.36. The Morgan fingerprint density at radius 3 is 2.68 bits per heavy atom. The quantitative estimate of drug-likeness (QED) is 0.419. The Bertz CT molecular complexity index is 977. The first kappa shape index (κ1) is 21.6. The summed E-state index contributed by atoms with van der Waals surface area (Å²) in [7, 11) is 0. The fraction of sp³-hybridized carbons (Fsp3) is 0.409. The number of hydrogen-bond acceptors (Lipinski definition) is 5. The summed E-state index contributed by atoms with van der Waals surface area (Å²) >= 11 is 1.51. The Morgan fingerprint density at radius 1 is 1.29 bits per heavy atom. The van der Waals surface area contributed by atoms with Crippen molar-refractivity contribution >= 4 is 30.1 Å². The molecule has 8 nitrogen and oxygen atoms in total. The molecule has 164 valence electrons. The van der Waals surface area contributed by atoms with Crippen LogP contribution in [0.1, 0.15) is 19.5 Å². The largest absolute Gasteiger partial charge is 0.378 e. The Labute approximate surface area is 187 Å². The lowest BCUT2D eigenvalue weighted by atomic mass is 10.1. The van der Waals surface area contributed by atoms with Crippen molar-refractivity contribution in [3.8, 4) is 11.3 Å². The van der Waals surface area contributed by atoms with Crippen molar-refractivity contribution in [3.05, 3.63) is 42.1 Å². The molecule has 0 radical (unpaired) electrons. The zero-order chi connectivity index (χ0) is 21.8. The maximum atomic E-state index is 12.8. The van der Waals surface area contributed by atoms with Crippen molar-refractivity contribution in [2.75, 3.05) is 39.4 Å². The van der Waals surface area contributed by atoms with E-state index in [2.05, 4.69) is 18.7 Å². The molecule has 1 fully saturated rings. The second-order valence-corrected chi connectivity index (χ2v) is 8.39. The van der Waals surface area contributed by atoms with Crippen LogP contribution < -0.4 is 5.73 Å². The van der Waals surface area contributed by atoms with Gasteiger partial charge in [0.25, 0.3) is 6.34 Å². The molecule has 0 spiro atoms. The van der Waals surface area contributed by atoms with E-state index in [1.54, 1.807) is 6.08 Å². The van der Waals surface area contributed by atoms with E-state index in [1.807, 2.05) is 57.0 Å². The maximum absolute atomic E-state index is 12.8. The lowest BCUT2D eigenvalue weighted by Gasteiger charge is -2.25. The Hall–Kier alpha value is -2.62. The molecule has 2 aliphatic rings. The number of carbonyl (C=O) groups is 1. The van der Waals surface area contributed by atoms with Gasteiger partial charge in [-0.15, -0.1) is 4.68 Å². The molecule has 2 aromatic rings. The highest BCUT2D eigenvalue weighted by molar-refractivity contribution is 7.99. The van der Waals surface area contributed by atoms with Gasteiger partial charge in [0, 0.05) is 24.7 Å². The minimum Gasteiger partial charge on any atom is -0.378 e. The molecule has 1 aromatic heterocycles. The van der Waals surface area contributed by atoms with Crippen LogP contribution in [-0.2, 0) is 9.53 Å². The smallest absolute Gasteiger partial charge is 0.260 e. The Balaban J connectivity index is 1.76. The van der Waals surface area contributed by atoms with Crippen molar-refractivity contribution in [3.63, 3.8) is 0 Å². The zero-order valence-corrected chi connectivity index (χ0v) is 18.8. The average Bonchev–Trinajstić information content (AvgIpc) is 3.31. The zero-order valence-electron chi connectivity index (χ0n) is 18.0. The number of ether oxygens (including phenoxy) is 1. The molecule has 3 heterocycles. The minimum atomic E-state index is -0.282. The highest BCUT2D eigenvalue weighted by atomic mass is 32.2. The van der Waals surface area contributed by atoms with Gasteiger partial charge in [0.2, 0.25) is 16.6 Å². The van der Waals surface area contributed by atoms with Crippen LogP contribution in [0.2, 0.25) is 0 Å². The molecular formula is C22H29N6O2S+. The summed E-state index contributed by atoms with van der Waals surface area (Å²) in [6.07, 6.45) is 5.52. The molecule has 1 aromatic carbocycles. The highest BCUT2D eigenvalue weighted by Gasteiger charge is 2.34. The topological polar surface area (TPSA) is 79.6 Å². The SMILES string of the molecule is CCN(C=[N+]1C(N)Sc2nc(-c3ccccc3)c(C=CC(=O)N3CCOCC3)n21)CC. The minimum absolute atomic E-state index is 0.0212. The third-order valence-corrected chi connectivity index (χ3v) is 6.36. The molecule has 2 aliphatic heterocycles. The van der Waals surface area contributed by atoms with E-state index in [1.165, 1.54) is 11.8 Å². The number of amides is 1. The molecule has 0 bridgehead atoms. The molecule has 1 amide bonds. The summed E-state index contributed by atoms with van der Waals surface area (Å²) in [5.41, 5.74) is 8.81. The van der Waals surface area contributed by atoms with Gasteiger partial charge in [0.05, 0.1) is 26.3 Å². The van der Waals surface area contributed by atoms with Crippen LogP contribution in [0.3, 0.4) is 0 Å². The van der Waals surface area contributed by atoms with Crippen molar-refractivity contribution < 1.29 is 14.2 Å². The first-order valence-corrected chi connectivity index (χ1v) is 11.5. The Morgan fingerprint density at radius 2 is 2.00 bits per heavy atom. The maximum Gasteiger partial charge on any atom is 0.260 e. The number of fused-ring (bicyclic) bond motifs is 1. The first-order valence-electron chi connectivity index (χ1n) is 10.6. The van der Waals surface area contributed by atoms with Crippen LogP contribution in [-0.4, -0.2) is 81.3 Å². The van der Waals surface area contributed by atoms with Crippen LogP contribution in [0, 0.1) is 0 Å². The summed E-state index contributed by atoms with van der Waals surface area (Å²) in [6.45, 7) is 8.36. The van der Waals surface area contributed by atoms with Gasteiger partial charge in [-0.05, 0) is 31.7 Å². The van der Waals surface area contributed by atoms with Gasteiger partial charge in [-0.25, -0.2) is 4.98 Å². The summed E-state index contributed by atoms with van der Waals surface area (Å²) in [5.74, 6) is -0.0212. The third kappa shape index (κ3) is 4.53. The lowest BCUT2D eigenvalue weighted by Crippen LogP contribution is -2.39. The van der Waals surface area contributed by atoms with E-state index < -0.39 is 0 Å². The molecule has 1 atom stereocenters. The van der Waals surface area contributed by atoms with E-state index in [4.69, 9.17) is 15.5 Å². The molecule has 2 N–H and O–H groups in total.